The monoisotopic (exact) mass is 178 g/mol. The van der Waals surface area contributed by atoms with Crippen LogP contribution in [0.3, 0.4) is 0 Å². The molecular weight excluding hydrogens is 160 g/mol. The summed E-state index contributed by atoms with van der Waals surface area (Å²) in [4.78, 5) is 0. The number of rotatable bonds is 5. The molecule has 0 saturated heterocycles. The van der Waals surface area contributed by atoms with Gasteiger partial charge < -0.3 is 5.11 Å². The summed E-state index contributed by atoms with van der Waals surface area (Å²) in [5.74, 6) is 10.7. The Morgan fingerprint density at radius 1 is 0.923 bits per heavy atom. The zero-order valence-corrected chi connectivity index (χ0v) is 8.40. The number of aliphatic hydroxyl groups excluding tert-OH is 1. The van der Waals surface area contributed by atoms with Crippen molar-refractivity contribution in [2.24, 2.45) is 0 Å². The Hall–Kier alpha value is -0.920. The van der Waals surface area contributed by atoms with Crippen molar-refractivity contribution >= 4 is 0 Å². The van der Waals surface area contributed by atoms with Gasteiger partial charge in [0, 0.05) is 6.42 Å². The summed E-state index contributed by atoms with van der Waals surface area (Å²) in [6.07, 6.45) is 7.32. The molecule has 0 amide bonds. The van der Waals surface area contributed by atoms with Crippen molar-refractivity contribution in [2.75, 3.05) is 6.61 Å². The maximum absolute atomic E-state index is 8.32. The first kappa shape index (κ1) is 12.1. The minimum Gasteiger partial charge on any atom is -0.384 e. The first-order chi connectivity index (χ1) is 6.41. The molecule has 13 heavy (non-hydrogen) atoms. The Bertz CT molecular complexity index is 209. The molecule has 0 bridgehead atoms. The first-order valence-corrected chi connectivity index (χ1v) is 4.98. The van der Waals surface area contributed by atoms with Gasteiger partial charge in [0.05, 0.1) is 0 Å². The molecule has 72 valence electrons. The Labute approximate surface area is 81.5 Å². The van der Waals surface area contributed by atoms with Crippen LogP contribution < -0.4 is 0 Å². The van der Waals surface area contributed by atoms with Crippen molar-refractivity contribution in [3.63, 3.8) is 0 Å². The zero-order valence-electron chi connectivity index (χ0n) is 8.40. The van der Waals surface area contributed by atoms with E-state index < -0.39 is 0 Å². The molecule has 0 aromatic carbocycles. The van der Waals surface area contributed by atoms with E-state index >= 15 is 0 Å². The summed E-state index contributed by atoms with van der Waals surface area (Å²) in [6.45, 7) is 2.12. The molecule has 0 heterocycles. The summed E-state index contributed by atoms with van der Waals surface area (Å²) in [7, 11) is 0. The molecule has 0 radical (unpaired) electrons. The van der Waals surface area contributed by atoms with Crippen molar-refractivity contribution in [3.8, 4) is 23.7 Å². The number of aliphatic hydroxyl groups is 1. The lowest BCUT2D eigenvalue weighted by Gasteiger charge is -1.93. The molecule has 0 saturated carbocycles. The molecule has 0 atom stereocenters. The third kappa shape index (κ3) is 11.1. The second-order valence-corrected chi connectivity index (χ2v) is 2.93. The maximum atomic E-state index is 8.32. The van der Waals surface area contributed by atoms with E-state index in [1.165, 1.54) is 32.1 Å². The lowest BCUT2D eigenvalue weighted by atomic mass is 10.1. The fourth-order valence-electron chi connectivity index (χ4n) is 1.01. The topological polar surface area (TPSA) is 20.2 Å². The third-order valence-corrected chi connectivity index (χ3v) is 1.72. The van der Waals surface area contributed by atoms with Gasteiger partial charge in [0.15, 0.2) is 0 Å². The van der Waals surface area contributed by atoms with Crippen LogP contribution in [0.1, 0.15) is 45.4 Å². The molecule has 1 heteroatoms. The molecule has 0 aromatic heterocycles. The summed E-state index contributed by atoms with van der Waals surface area (Å²) in [5, 5.41) is 8.32. The molecule has 0 aliphatic carbocycles. The van der Waals surface area contributed by atoms with Crippen LogP contribution >= 0.6 is 0 Å². The van der Waals surface area contributed by atoms with Crippen LogP contribution in [-0.2, 0) is 0 Å². The van der Waals surface area contributed by atoms with Crippen LogP contribution in [0.2, 0.25) is 0 Å². The highest BCUT2D eigenvalue weighted by atomic mass is 16.2. The summed E-state index contributed by atoms with van der Waals surface area (Å²) < 4.78 is 0. The van der Waals surface area contributed by atoms with Gasteiger partial charge in [-0.05, 0) is 18.3 Å². The van der Waals surface area contributed by atoms with Crippen LogP contribution in [0, 0.1) is 23.7 Å². The second kappa shape index (κ2) is 11.1. The minimum atomic E-state index is -0.0921. The molecule has 0 unspecified atom stereocenters. The fraction of sp³-hybridized carbons (Fsp3) is 0.667. The van der Waals surface area contributed by atoms with Gasteiger partial charge in [-0.3, -0.25) is 0 Å². The van der Waals surface area contributed by atoms with E-state index in [1.54, 1.807) is 0 Å². The SMILES string of the molecule is CCCCCCCC#CC#CCO. The van der Waals surface area contributed by atoms with Gasteiger partial charge in [-0.15, -0.1) is 0 Å². The molecule has 0 rings (SSSR count). The van der Waals surface area contributed by atoms with Gasteiger partial charge in [0.1, 0.15) is 6.61 Å². The van der Waals surface area contributed by atoms with E-state index in [2.05, 4.69) is 30.6 Å². The quantitative estimate of drug-likeness (QED) is 0.506. The molecule has 0 fully saturated rings. The summed E-state index contributed by atoms with van der Waals surface area (Å²) in [6, 6.07) is 0. The van der Waals surface area contributed by atoms with Crippen molar-refractivity contribution in [2.45, 2.75) is 45.4 Å². The number of unbranched alkanes of at least 4 members (excludes halogenated alkanes) is 5. The minimum absolute atomic E-state index is 0.0921. The van der Waals surface area contributed by atoms with Gasteiger partial charge in [-0.2, -0.15) is 0 Å². The lowest BCUT2D eigenvalue weighted by molar-refractivity contribution is 0.350. The highest BCUT2D eigenvalue weighted by molar-refractivity contribution is 5.25. The fourth-order valence-corrected chi connectivity index (χ4v) is 1.01. The summed E-state index contributed by atoms with van der Waals surface area (Å²) in [5.41, 5.74) is 0. The van der Waals surface area contributed by atoms with Crippen molar-refractivity contribution in [1.82, 2.24) is 0 Å². The van der Waals surface area contributed by atoms with Crippen LogP contribution in [-0.4, -0.2) is 11.7 Å². The Balaban J connectivity index is 3.18. The van der Waals surface area contributed by atoms with Crippen molar-refractivity contribution in [3.05, 3.63) is 0 Å². The zero-order chi connectivity index (χ0) is 9.78. The Morgan fingerprint density at radius 2 is 1.62 bits per heavy atom. The third-order valence-electron chi connectivity index (χ3n) is 1.72. The van der Waals surface area contributed by atoms with E-state index in [-0.39, 0.29) is 6.61 Å². The van der Waals surface area contributed by atoms with E-state index in [1.807, 2.05) is 0 Å². The van der Waals surface area contributed by atoms with Crippen LogP contribution in [0.15, 0.2) is 0 Å². The normalized spacial score (nSPS) is 8.15. The van der Waals surface area contributed by atoms with Gasteiger partial charge in [0.25, 0.3) is 0 Å². The molecule has 0 aliphatic rings. The van der Waals surface area contributed by atoms with E-state index in [9.17, 15) is 0 Å². The molecule has 0 spiro atoms. The van der Waals surface area contributed by atoms with Crippen molar-refractivity contribution in [1.29, 1.82) is 0 Å². The number of hydrogen-bond donors (Lipinski definition) is 1. The molecule has 0 aliphatic heterocycles. The predicted octanol–water partition coefficient (Wildman–Crippen LogP) is 2.35. The standard InChI is InChI=1S/C12H18O/c1-2-3-4-5-6-7-8-9-10-11-12-13/h13H,2-7,12H2,1H3. The highest BCUT2D eigenvalue weighted by Crippen LogP contribution is 2.03. The number of hydrogen-bond acceptors (Lipinski definition) is 1. The Morgan fingerprint density at radius 3 is 2.31 bits per heavy atom. The second-order valence-electron chi connectivity index (χ2n) is 2.93. The maximum Gasteiger partial charge on any atom is 0.105 e. The van der Waals surface area contributed by atoms with E-state index in [0.29, 0.717) is 0 Å². The van der Waals surface area contributed by atoms with Gasteiger partial charge >= 0.3 is 0 Å². The summed E-state index contributed by atoms with van der Waals surface area (Å²) >= 11 is 0. The van der Waals surface area contributed by atoms with E-state index in [0.717, 1.165) is 6.42 Å². The molecular formula is C12H18O. The van der Waals surface area contributed by atoms with Crippen molar-refractivity contribution < 1.29 is 5.11 Å². The Kier molecular flexibility index (Phi) is 10.3. The average molecular weight is 178 g/mol. The lowest BCUT2D eigenvalue weighted by Crippen LogP contribution is -1.76. The van der Waals surface area contributed by atoms with Crippen LogP contribution in [0.5, 0.6) is 0 Å². The smallest absolute Gasteiger partial charge is 0.105 e. The van der Waals surface area contributed by atoms with Crippen LogP contribution in [0.4, 0.5) is 0 Å². The van der Waals surface area contributed by atoms with Gasteiger partial charge in [0.2, 0.25) is 0 Å². The molecule has 0 aromatic rings. The van der Waals surface area contributed by atoms with Gasteiger partial charge in [-0.1, -0.05) is 44.4 Å². The molecule has 1 N–H and O–H groups in total. The first-order valence-electron chi connectivity index (χ1n) is 4.98. The predicted molar refractivity (Wildman–Crippen MR) is 56.0 cm³/mol. The molecule has 1 nitrogen and oxygen atoms in total. The van der Waals surface area contributed by atoms with Gasteiger partial charge in [-0.25, -0.2) is 0 Å². The highest BCUT2D eigenvalue weighted by Gasteiger charge is 1.85. The van der Waals surface area contributed by atoms with Crippen LogP contribution in [0.25, 0.3) is 0 Å². The van der Waals surface area contributed by atoms with E-state index in [4.69, 9.17) is 5.11 Å². The average Bonchev–Trinajstić information content (AvgIpc) is 2.16. The largest absolute Gasteiger partial charge is 0.384 e.